The number of nitrogens with zero attached hydrogens (tertiary/aromatic N) is 1. The van der Waals surface area contributed by atoms with Crippen molar-refractivity contribution in [2.45, 2.75) is 46.0 Å². The van der Waals surface area contributed by atoms with Gasteiger partial charge in [-0.2, -0.15) is 0 Å². The van der Waals surface area contributed by atoms with E-state index in [1.165, 1.54) is 29.8 Å². The molecule has 0 bridgehead atoms. The summed E-state index contributed by atoms with van der Waals surface area (Å²) in [6, 6.07) is 0. The number of unbranched alkanes of at least 4 members (excludes halogenated alkanes) is 1. The zero-order chi connectivity index (χ0) is 9.68. The fourth-order valence-electron chi connectivity index (χ4n) is 1.37. The van der Waals surface area contributed by atoms with Crippen LogP contribution in [0, 0.1) is 0 Å². The van der Waals surface area contributed by atoms with Crippen molar-refractivity contribution < 1.29 is 0 Å². The molecule has 74 valence electrons. The third-order valence-corrected chi connectivity index (χ3v) is 3.03. The Balaban J connectivity index is 2.66. The molecule has 0 aromatic carbocycles. The van der Waals surface area contributed by atoms with Crippen LogP contribution in [0.25, 0.3) is 0 Å². The molecule has 0 radical (unpaired) electrons. The molecule has 0 fully saturated rings. The summed E-state index contributed by atoms with van der Waals surface area (Å²) in [5, 5.41) is 0.731. The molecule has 0 atom stereocenters. The molecule has 0 aliphatic rings. The molecule has 0 saturated heterocycles. The van der Waals surface area contributed by atoms with Crippen molar-refractivity contribution in [2.75, 3.05) is 5.73 Å². The molecule has 1 heterocycles. The van der Waals surface area contributed by atoms with E-state index in [1.807, 2.05) is 0 Å². The van der Waals surface area contributed by atoms with E-state index in [4.69, 9.17) is 5.73 Å². The second-order valence-electron chi connectivity index (χ2n) is 3.28. The average Bonchev–Trinajstić information content (AvgIpc) is 2.44. The Bertz CT molecular complexity index is 255. The van der Waals surface area contributed by atoms with Crippen molar-refractivity contribution in [3.63, 3.8) is 0 Å². The largest absolute Gasteiger partial charge is 0.375 e. The molecule has 1 aromatic heterocycles. The normalized spacial score (nSPS) is 10.6. The first-order chi connectivity index (χ1) is 6.27. The Hall–Kier alpha value is -0.570. The maximum absolute atomic E-state index is 5.69. The van der Waals surface area contributed by atoms with E-state index in [1.54, 1.807) is 11.3 Å². The van der Waals surface area contributed by atoms with Crippen LogP contribution in [0.4, 0.5) is 5.13 Å². The molecule has 0 aliphatic carbocycles. The van der Waals surface area contributed by atoms with Crippen LogP contribution < -0.4 is 5.73 Å². The summed E-state index contributed by atoms with van der Waals surface area (Å²) in [4.78, 5) is 5.76. The van der Waals surface area contributed by atoms with Crippen LogP contribution in [-0.2, 0) is 12.8 Å². The van der Waals surface area contributed by atoms with Gasteiger partial charge in [0.25, 0.3) is 0 Å². The van der Waals surface area contributed by atoms with Crippen molar-refractivity contribution in [3.05, 3.63) is 10.6 Å². The Kier molecular flexibility index (Phi) is 4.22. The lowest BCUT2D eigenvalue weighted by molar-refractivity contribution is 0.769. The number of anilines is 1. The molecule has 0 unspecified atom stereocenters. The number of nitrogens with two attached hydrogens (primary N) is 1. The zero-order valence-corrected chi connectivity index (χ0v) is 9.28. The standard InChI is InChI=1S/C10H18N2S/c1-3-5-7-8-9(6-4-2)13-10(11)12-8/h3-7H2,1-2H3,(H2,11,12). The molecule has 2 nitrogen and oxygen atoms in total. The lowest BCUT2D eigenvalue weighted by Gasteiger charge is -1.98. The Morgan fingerprint density at radius 3 is 2.62 bits per heavy atom. The predicted molar refractivity (Wildman–Crippen MR) is 59.1 cm³/mol. The SMILES string of the molecule is CCCCc1nc(N)sc1CCC. The van der Waals surface area contributed by atoms with Gasteiger partial charge in [-0.15, -0.1) is 11.3 Å². The second-order valence-corrected chi connectivity index (χ2v) is 4.39. The zero-order valence-electron chi connectivity index (χ0n) is 8.47. The number of hydrogen-bond acceptors (Lipinski definition) is 3. The van der Waals surface area contributed by atoms with Gasteiger partial charge in [-0.25, -0.2) is 4.98 Å². The molecule has 13 heavy (non-hydrogen) atoms. The van der Waals surface area contributed by atoms with Gasteiger partial charge in [-0.3, -0.25) is 0 Å². The number of hydrogen-bond donors (Lipinski definition) is 1. The average molecular weight is 198 g/mol. The van der Waals surface area contributed by atoms with Crippen molar-refractivity contribution >= 4 is 16.5 Å². The maximum atomic E-state index is 5.69. The van der Waals surface area contributed by atoms with Gasteiger partial charge in [0.05, 0.1) is 5.69 Å². The van der Waals surface area contributed by atoms with Crippen molar-refractivity contribution in [1.29, 1.82) is 0 Å². The maximum Gasteiger partial charge on any atom is 0.180 e. The Morgan fingerprint density at radius 1 is 1.23 bits per heavy atom. The molecule has 3 heteroatoms. The minimum Gasteiger partial charge on any atom is -0.375 e. The number of nitrogen functional groups attached to an aromatic ring is 1. The van der Waals surface area contributed by atoms with Gasteiger partial charge in [0.2, 0.25) is 0 Å². The monoisotopic (exact) mass is 198 g/mol. The minimum atomic E-state index is 0.731. The number of aryl methyl sites for hydroxylation is 2. The van der Waals surface area contributed by atoms with E-state index in [2.05, 4.69) is 18.8 Å². The van der Waals surface area contributed by atoms with Gasteiger partial charge in [0.1, 0.15) is 0 Å². The summed E-state index contributed by atoms with van der Waals surface area (Å²) in [5.74, 6) is 0. The summed E-state index contributed by atoms with van der Waals surface area (Å²) in [7, 11) is 0. The first kappa shape index (κ1) is 10.5. The molecule has 0 amide bonds. The quantitative estimate of drug-likeness (QED) is 0.790. The molecule has 1 rings (SSSR count). The highest BCUT2D eigenvalue weighted by Gasteiger charge is 2.07. The van der Waals surface area contributed by atoms with Crippen molar-refractivity contribution in [3.8, 4) is 0 Å². The molecule has 1 aromatic rings. The van der Waals surface area contributed by atoms with E-state index in [9.17, 15) is 0 Å². The highest BCUT2D eigenvalue weighted by molar-refractivity contribution is 7.15. The predicted octanol–water partition coefficient (Wildman–Crippen LogP) is 3.02. The van der Waals surface area contributed by atoms with Crippen LogP contribution in [0.3, 0.4) is 0 Å². The van der Waals surface area contributed by atoms with Gasteiger partial charge in [-0.1, -0.05) is 26.7 Å². The van der Waals surface area contributed by atoms with E-state index < -0.39 is 0 Å². The van der Waals surface area contributed by atoms with Crippen LogP contribution >= 0.6 is 11.3 Å². The van der Waals surface area contributed by atoms with Crippen molar-refractivity contribution in [1.82, 2.24) is 4.98 Å². The second kappa shape index (κ2) is 5.22. The topological polar surface area (TPSA) is 38.9 Å². The summed E-state index contributed by atoms with van der Waals surface area (Å²) in [6.07, 6.45) is 5.86. The Morgan fingerprint density at radius 2 is 2.00 bits per heavy atom. The van der Waals surface area contributed by atoms with Gasteiger partial charge in [0.15, 0.2) is 5.13 Å². The first-order valence-corrected chi connectivity index (χ1v) is 5.83. The third kappa shape index (κ3) is 2.99. The van der Waals surface area contributed by atoms with Crippen LogP contribution in [0.15, 0.2) is 0 Å². The van der Waals surface area contributed by atoms with E-state index >= 15 is 0 Å². The van der Waals surface area contributed by atoms with Gasteiger partial charge < -0.3 is 5.73 Å². The van der Waals surface area contributed by atoms with Crippen LogP contribution in [0.1, 0.15) is 43.7 Å². The van der Waals surface area contributed by atoms with Crippen LogP contribution in [0.5, 0.6) is 0 Å². The number of rotatable bonds is 5. The summed E-state index contributed by atoms with van der Waals surface area (Å²) in [5.41, 5.74) is 6.93. The van der Waals surface area contributed by atoms with E-state index in [0.29, 0.717) is 0 Å². The fourth-order valence-corrected chi connectivity index (χ4v) is 2.35. The van der Waals surface area contributed by atoms with Crippen LogP contribution in [-0.4, -0.2) is 4.98 Å². The molecule has 0 aliphatic heterocycles. The van der Waals surface area contributed by atoms with Crippen LogP contribution in [0.2, 0.25) is 0 Å². The van der Waals surface area contributed by atoms with Gasteiger partial charge in [0, 0.05) is 4.88 Å². The molecule has 0 spiro atoms. The smallest absolute Gasteiger partial charge is 0.180 e. The first-order valence-electron chi connectivity index (χ1n) is 5.02. The molecular weight excluding hydrogens is 180 g/mol. The number of aromatic nitrogens is 1. The molecule has 2 N–H and O–H groups in total. The highest BCUT2D eigenvalue weighted by atomic mass is 32.1. The molecular formula is C10H18N2S. The van der Waals surface area contributed by atoms with Gasteiger partial charge >= 0.3 is 0 Å². The third-order valence-electron chi connectivity index (χ3n) is 2.04. The summed E-state index contributed by atoms with van der Waals surface area (Å²) in [6.45, 7) is 4.40. The summed E-state index contributed by atoms with van der Waals surface area (Å²) < 4.78 is 0. The van der Waals surface area contributed by atoms with E-state index in [0.717, 1.165) is 18.0 Å². The highest BCUT2D eigenvalue weighted by Crippen LogP contribution is 2.23. The lowest BCUT2D eigenvalue weighted by atomic mass is 10.1. The summed E-state index contributed by atoms with van der Waals surface area (Å²) >= 11 is 1.66. The lowest BCUT2D eigenvalue weighted by Crippen LogP contribution is -1.91. The van der Waals surface area contributed by atoms with Gasteiger partial charge in [-0.05, 0) is 19.3 Å². The number of thiazole rings is 1. The Labute approximate surface area is 84.2 Å². The van der Waals surface area contributed by atoms with E-state index in [-0.39, 0.29) is 0 Å². The van der Waals surface area contributed by atoms with Crippen molar-refractivity contribution in [2.24, 2.45) is 0 Å². The minimum absolute atomic E-state index is 0.731. The molecule has 0 saturated carbocycles. The fraction of sp³-hybridized carbons (Fsp3) is 0.700.